The summed E-state index contributed by atoms with van der Waals surface area (Å²) in [5.41, 5.74) is 4.08. The van der Waals surface area contributed by atoms with Crippen LogP contribution >= 0.6 is 11.3 Å². The molecule has 1 aliphatic heterocycles. The number of hydrogen-bond acceptors (Lipinski definition) is 4. The standard InChI is InChI=1S/C19H23N3O2S/c1-13-5-6-16(14(2)10-13)20-19(24)21-18(23)11-22-8-3-4-17(22)15-7-9-25-12-15/h5-7,9-10,12,17H,3-4,8,11H2,1-2H3,(H2,20,21,23,24)/t17-/m1/s1. The number of hydrogen-bond donors (Lipinski definition) is 2. The summed E-state index contributed by atoms with van der Waals surface area (Å²) in [6, 6.07) is 7.68. The molecule has 1 aromatic carbocycles. The maximum atomic E-state index is 12.2. The lowest BCUT2D eigenvalue weighted by molar-refractivity contribution is -0.121. The highest BCUT2D eigenvalue weighted by Crippen LogP contribution is 2.32. The van der Waals surface area contributed by atoms with Crippen molar-refractivity contribution in [1.29, 1.82) is 0 Å². The second-order valence-corrected chi connectivity index (χ2v) is 7.29. The molecule has 1 aliphatic rings. The average molecular weight is 357 g/mol. The molecule has 3 amide bonds. The van der Waals surface area contributed by atoms with E-state index in [4.69, 9.17) is 0 Å². The molecule has 0 saturated carbocycles. The quantitative estimate of drug-likeness (QED) is 0.874. The number of benzene rings is 1. The minimum absolute atomic E-state index is 0.237. The molecule has 5 nitrogen and oxygen atoms in total. The molecule has 25 heavy (non-hydrogen) atoms. The van der Waals surface area contributed by atoms with E-state index in [0.29, 0.717) is 5.69 Å². The first kappa shape index (κ1) is 17.6. The van der Waals surface area contributed by atoms with Gasteiger partial charge in [-0.3, -0.25) is 15.0 Å². The van der Waals surface area contributed by atoms with Crippen LogP contribution in [-0.4, -0.2) is 29.9 Å². The smallest absolute Gasteiger partial charge is 0.307 e. The van der Waals surface area contributed by atoms with Crippen molar-refractivity contribution in [2.75, 3.05) is 18.4 Å². The molecule has 0 bridgehead atoms. The number of amides is 3. The molecule has 132 valence electrons. The second-order valence-electron chi connectivity index (χ2n) is 6.51. The van der Waals surface area contributed by atoms with Crippen LogP contribution in [0.4, 0.5) is 10.5 Å². The number of carbonyl (C=O) groups excluding carboxylic acids is 2. The molecule has 1 fully saturated rings. The Morgan fingerprint density at radius 3 is 2.84 bits per heavy atom. The van der Waals surface area contributed by atoms with Gasteiger partial charge < -0.3 is 5.32 Å². The van der Waals surface area contributed by atoms with Gasteiger partial charge >= 0.3 is 6.03 Å². The van der Waals surface area contributed by atoms with Crippen molar-refractivity contribution in [3.8, 4) is 0 Å². The van der Waals surface area contributed by atoms with Crippen molar-refractivity contribution in [3.05, 3.63) is 51.7 Å². The number of urea groups is 1. The van der Waals surface area contributed by atoms with Crippen molar-refractivity contribution in [2.45, 2.75) is 32.7 Å². The topological polar surface area (TPSA) is 61.4 Å². The number of rotatable bonds is 4. The molecule has 0 aliphatic carbocycles. The van der Waals surface area contributed by atoms with Gasteiger partial charge in [-0.1, -0.05) is 17.7 Å². The summed E-state index contributed by atoms with van der Waals surface area (Å²) in [7, 11) is 0. The zero-order chi connectivity index (χ0) is 17.8. The Bertz CT molecular complexity index is 758. The number of thiophene rings is 1. The van der Waals surface area contributed by atoms with Crippen LogP contribution in [0.1, 0.15) is 35.6 Å². The second kappa shape index (κ2) is 7.80. The molecule has 2 heterocycles. The van der Waals surface area contributed by atoms with Crippen LogP contribution in [0.2, 0.25) is 0 Å². The molecule has 0 spiro atoms. The fourth-order valence-electron chi connectivity index (χ4n) is 3.32. The van der Waals surface area contributed by atoms with Crippen LogP contribution in [0.3, 0.4) is 0 Å². The van der Waals surface area contributed by atoms with E-state index < -0.39 is 6.03 Å². The van der Waals surface area contributed by atoms with Crippen LogP contribution in [0.15, 0.2) is 35.0 Å². The Morgan fingerprint density at radius 1 is 1.28 bits per heavy atom. The molecule has 3 rings (SSSR count). The number of likely N-dealkylation sites (tertiary alicyclic amines) is 1. The summed E-state index contributed by atoms with van der Waals surface area (Å²) >= 11 is 1.67. The molecule has 1 atom stereocenters. The van der Waals surface area contributed by atoms with Crippen LogP contribution in [0.25, 0.3) is 0 Å². The van der Waals surface area contributed by atoms with E-state index in [1.165, 1.54) is 5.56 Å². The Morgan fingerprint density at radius 2 is 2.12 bits per heavy atom. The predicted octanol–water partition coefficient (Wildman–Crippen LogP) is 3.85. The normalized spacial score (nSPS) is 17.4. The first-order valence-electron chi connectivity index (χ1n) is 8.47. The van der Waals surface area contributed by atoms with Crippen molar-refractivity contribution in [2.24, 2.45) is 0 Å². The predicted molar refractivity (Wildman–Crippen MR) is 101 cm³/mol. The Hall–Kier alpha value is -2.18. The highest BCUT2D eigenvalue weighted by Gasteiger charge is 2.28. The minimum Gasteiger partial charge on any atom is -0.307 e. The van der Waals surface area contributed by atoms with Gasteiger partial charge in [0, 0.05) is 11.7 Å². The van der Waals surface area contributed by atoms with E-state index in [1.807, 2.05) is 32.0 Å². The van der Waals surface area contributed by atoms with Crippen molar-refractivity contribution < 1.29 is 9.59 Å². The Balaban J connectivity index is 1.54. The van der Waals surface area contributed by atoms with Crippen LogP contribution < -0.4 is 10.6 Å². The third-order valence-electron chi connectivity index (χ3n) is 4.52. The fourth-order valence-corrected chi connectivity index (χ4v) is 4.02. The third kappa shape index (κ3) is 4.46. The lowest BCUT2D eigenvalue weighted by Gasteiger charge is -2.23. The van der Waals surface area contributed by atoms with Gasteiger partial charge in [0.05, 0.1) is 6.54 Å². The van der Waals surface area contributed by atoms with Crippen LogP contribution in [0.5, 0.6) is 0 Å². The van der Waals surface area contributed by atoms with Crippen molar-refractivity contribution >= 4 is 29.0 Å². The van der Waals surface area contributed by atoms with E-state index in [9.17, 15) is 9.59 Å². The van der Waals surface area contributed by atoms with E-state index in [-0.39, 0.29) is 18.5 Å². The molecule has 2 aromatic rings. The molecule has 0 unspecified atom stereocenters. The van der Waals surface area contributed by atoms with Crippen LogP contribution in [-0.2, 0) is 4.79 Å². The van der Waals surface area contributed by atoms with Gasteiger partial charge in [-0.25, -0.2) is 4.79 Å². The summed E-state index contributed by atoms with van der Waals surface area (Å²) in [5, 5.41) is 9.37. The molecule has 2 N–H and O–H groups in total. The molecule has 1 aromatic heterocycles. The number of imide groups is 1. The monoisotopic (exact) mass is 357 g/mol. The maximum absolute atomic E-state index is 12.2. The number of aryl methyl sites for hydroxylation is 2. The van der Waals surface area contributed by atoms with Crippen molar-refractivity contribution in [1.82, 2.24) is 10.2 Å². The summed E-state index contributed by atoms with van der Waals surface area (Å²) < 4.78 is 0. The van der Waals surface area contributed by atoms with Gasteiger partial charge in [0.25, 0.3) is 0 Å². The summed E-state index contributed by atoms with van der Waals surface area (Å²) in [5.74, 6) is -0.274. The van der Waals surface area contributed by atoms with E-state index in [0.717, 1.165) is 30.5 Å². The number of carbonyl (C=O) groups is 2. The summed E-state index contributed by atoms with van der Waals surface area (Å²) in [6.07, 6.45) is 2.13. The molecule has 1 saturated heterocycles. The van der Waals surface area contributed by atoms with Gasteiger partial charge in [-0.15, -0.1) is 0 Å². The third-order valence-corrected chi connectivity index (χ3v) is 5.22. The first-order chi connectivity index (χ1) is 12.0. The minimum atomic E-state index is -0.483. The highest BCUT2D eigenvalue weighted by atomic mass is 32.1. The first-order valence-corrected chi connectivity index (χ1v) is 9.41. The summed E-state index contributed by atoms with van der Waals surface area (Å²) in [6.45, 7) is 5.05. The molecule has 0 radical (unpaired) electrons. The Labute approximate surface area is 152 Å². The van der Waals surface area contributed by atoms with E-state index in [1.54, 1.807) is 11.3 Å². The van der Waals surface area contributed by atoms with Gasteiger partial charge in [-0.05, 0) is 67.3 Å². The highest BCUT2D eigenvalue weighted by molar-refractivity contribution is 7.07. The average Bonchev–Trinajstić information content (AvgIpc) is 3.20. The van der Waals surface area contributed by atoms with Crippen LogP contribution in [0, 0.1) is 13.8 Å². The fraction of sp³-hybridized carbons (Fsp3) is 0.368. The van der Waals surface area contributed by atoms with Gasteiger partial charge in [0.1, 0.15) is 0 Å². The van der Waals surface area contributed by atoms with Crippen molar-refractivity contribution in [3.63, 3.8) is 0 Å². The molecule has 6 heteroatoms. The molecular weight excluding hydrogens is 334 g/mol. The largest absolute Gasteiger partial charge is 0.325 e. The number of anilines is 1. The lowest BCUT2D eigenvalue weighted by Crippen LogP contribution is -2.41. The Kier molecular flexibility index (Phi) is 5.50. The number of nitrogens with zero attached hydrogens (tertiary/aromatic N) is 1. The van der Waals surface area contributed by atoms with Gasteiger partial charge in [0.2, 0.25) is 5.91 Å². The van der Waals surface area contributed by atoms with E-state index >= 15 is 0 Å². The zero-order valence-electron chi connectivity index (χ0n) is 14.5. The maximum Gasteiger partial charge on any atom is 0.325 e. The number of nitrogens with one attached hydrogen (secondary N) is 2. The van der Waals surface area contributed by atoms with E-state index in [2.05, 4.69) is 32.4 Å². The van der Waals surface area contributed by atoms with Gasteiger partial charge in [0.15, 0.2) is 0 Å². The van der Waals surface area contributed by atoms with Gasteiger partial charge in [-0.2, -0.15) is 11.3 Å². The lowest BCUT2D eigenvalue weighted by atomic mass is 10.1. The molecular formula is C19H23N3O2S. The SMILES string of the molecule is Cc1ccc(NC(=O)NC(=O)CN2CCC[C@@H]2c2ccsc2)c(C)c1. The zero-order valence-corrected chi connectivity index (χ0v) is 15.4. The summed E-state index contributed by atoms with van der Waals surface area (Å²) in [4.78, 5) is 26.5.